The van der Waals surface area contributed by atoms with Crippen molar-refractivity contribution in [3.05, 3.63) is 23.3 Å². The summed E-state index contributed by atoms with van der Waals surface area (Å²) in [5.41, 5.74) is 2.06. The molecule has 1 N–H and O–H groups in total. The SMILES string of the molecule is CCCCC[C@H](O)C=CC1=C(CCCCCCC(=O)OCC)C(=O)CC1. The summed E-state index contributed by atoms with van der Waals surface area (Å²) >= 11 is 0. The highest BCUT2D eigenvalue weighted by atomic mass is 16.5. The number of ether oxygens (including phenoxy) is 1. The molecular formula is C22H36O4. The van der Waals surface area contributed by atoms with Crippen LogP contribution < -0.4 is 0 Å². The van der Waals surface area contributed by atoms with Crippen molar-refractivity contribution in [1.29, 1.82) is 0 Å². The van der Waals surface area contributed by atoms with Gasteiger partial charge in [0.25, 0.3) is 0 Å². The Morgan fingerprint density at radius 3 is 2.62 bits per heavy atom. The second kappa shape index (κ2) is 13.7. The van der Waals surface area contributed by atoms with Gasteiger partial charge in [-0.1, -0.05) is 51.2 Å². The third kappa shape index (κ3) is 9.33. The van der Waals surface area contributed by atoms with Crippen LogP contribution in [0.25, 0.3) is 0 Å². The largest absolute Gasteiger partial charge is 0.466 e. The molecule has 0 aromatic heterocycles. The molecule has 0 aromatic rings. The van der Waals surface area contributed by atoms with E-state index < -0.39 is 6.10 Å². The number of Topliss-reactive ketones (excluding diaryl/α,β-unsaturated/α-hetero) is 1. The lowest BCUT2D eigenvalue weighted by Crippen LogP contribution is -2.03. The number of aliphatic hydroxyl groups is 1. The van der Waals surface area contributed by atoms with E-state index >= 15 is 0 Å². The lowest BCUT2D eigenvalue weighted by atomic mass is 10.0. The van der Waals surface area contributed by atoms with Crippen LogP contribution in [0.4, 0.5) is 0 Å². The van der Waals surface area contributed by atoms with Crippen LogP contribution in [0.3, 0.4) is 0 Å². The molecule has 1 aliphatic rings. The number of aliphatic hydroxyl groups excluding tert-OH is 1. The fourth-order valence-electron chi connectivity index (χ4n) is 3.30. The second-order valence-electron chi connectivity index (χ2n) is 7.07. The van der Waals surface area contributed by atoms with Gasteiger partial charge >= 0.3 is 5.97 Å². The Bertz CT molecular complexity index is 490. The number of carbonyl (C=O) groups is 2. The second-order valence-corrected chi connectivity index (χ2v) is 7.07. The molecule has 0 unspecified atom stereocenters. The van der Waals surface area contributed by atoms with Gasteiger partial charge in [0, 0.05) is 12.8 Å². The first-order chi connectivity index (χ1) is 12.6. The van der Waals surface area contributed by atoms with Gasteiger partial charge in [0.1, 0.15) is 0 Å². The lowest BCUT2D eigenvalue weighted by molar-refractivity contribution is -0.143. The molecule has 0 fully saturated rings. The van der Waals surface area contributed by atoms with Gasteiger partial charge < -0.3 is 9.84 Å². The van der Waals surface area contributed by atoms with Crippen molar-refractivity contribution in [3.63, 3.8) is 0 Å². The van der Waals surface area contributed by atoms with E-state index in [1.165, 1.54) is 0 Å². The minimum absolute atomic E-state index is 0.119. The summed E-state index contributed by atoms with van der Waals surface area (Å²) in [5.74, 6) is 0.141. The standard InChI is InChI=1S/C22H36O4/c1-3-5-8-11-19(23)16-14-18-15-17-21(24)20(18)12-9-6-7-10-13-22(25)26-4-2/h14,16,19,23H,3-13,15,17H2,1-2H3/t19-/m0/s1. The van der Waals surface area contributed by atoms with Gasteiger partial charge in [-0.25, -0.2) is 0 Å². The van der Waals surface area contributed by atoms with Gasteiger partial charge in [-0.3, -0.25) is 9.59 Å². The Labute approximate surface area is 158 Å². The molecule has 0 bridgehead atoms. The summed E-state index contributed by atoms with van der Waals surface area (Å²) < 4.78 is 4.92. The van der Waals surface area contributed by atoms with Crippen molar-refractivity contribution in [2.24, 2.45) is 0 Å². The fourth-order valence-corrected chi connectivity index (χ4v) is 3.30. The molecule has 1 atom stereocenters. The first kappa shape index (κ1) is 22.6. The smallest absolute Gasteiger partial charge is 0.305 e. The van der Waals surface area contributed by atoms with Crippen molar-refractivity contribution in [2.75, 3.05) is 6.61 Å². The number of ketones is 1. The number of hydrogen-bond donors (Lipinski definition) is 1. The van der Waals surface area contributed by atoms with Gasteiger partial charge in [0.05, 0.1) is 12.7 Å². The quantitative estimate of drug-likeness (QED) is 0.346. The molecule has 4 nitrogen and oxygen atoms in total. The molecule has 0 saturated carbocycles. The van der Waals surface area contributed by atoms with Crippen molar-refractivity contribution in [3.8, 4) is 0 Å². The number of esters is 1. The van der Waals surface area contributed by atoms with Crippen LogP contribution >= 0.6 is 0 Å². The molecule has 0 aromatic carbocycles. The van der Waals surface area contributed by atoms with Gasteiger partial charge in [-0.05, 0) is 50.2 Å². The van der Waals surface area contributed by atoms with Crippen molar-refractivity contribution in [2.45, 2.75) is 97.0 Å². The first-order valence-corrected chi connectivity index (χ1v) is 10.4. The summed E-state index contributed by atoms with van der Waals surface area (Å²) in [4.78, 5) is 23.4. The zero-order valence-electron chi connectivity index (χ0n) is 16.6. The van der Waals surface area contributed by atoms with Crippen LogP contribution in [-0.2, 0) is 14.3 Å². The highest BCUT2D eigenvalue weighted by Gasteiger charge is 2.20. The monoisotopic (exact) mass is 364 g/mol. The molecule has 4 heteroatoms. The summed E-state index contributed by atoms with van der Waals surface area (Å²) in [6, 6.07) is 0. The van der Waals surface area contributed by atoms with E-state index in [4.69, 9.17) is 4.74 Å². The van der Waals surface area contributed by atoms with Crippen LogP contribution in [0.15, 0.2) is 23.3 Å². The predicted octanol–water partition coefficient (Wildman–Crippen LogP) is 5.05. The maximum Gasteiger partial charge on any atom is 0.305 e. The molecule has 0 amide bonds. The van der Waals surface area contributed by atoms with E-state index in [1.54, 1.807) is 0 Å². The number of hydrogen-bond acceptors (Lipinski definition) is 4. The average molecular weight is 365 g/mol. The normalized spacial score (nSPS) is 15.9. The van der Waals surface area contributed by atoms with E-state index in [0.29, 0.717) is 19.4 Å². The van der Waals surface area contributed by atoms with Crippen LogP contribution in [0.1, 0.15) is 90.9 Å². The maximum atomic E-state index is 12.1. The van der Waals surface area contributed by atoms with Crippen molar-refractivity contribution in [1.82, 2.24) is 0 Å². The Morgan fingerprint density at radius 1 is 1.12 bits per heavy atom. The molecular weight excluding hydrogens is 328 g/mol. The van der Waals surface area contributed by atoms with Crippen LogP contribution in [0.5, 0.6) is 0 Å². The Kier molecular flexibility index (Phi) is 12.0. The van der Waals surface area contributed by atoms with Crippen molar-refractivity contribution < 1.29 is 19.4 Å². The van der Waals surface area contributed by atoms with E-state index in [2.05, 4.69) is 6.92 Å². The van der Waals surface area contributed by atoms with Crippen LogP contribution in [0, 0.1) is 0 Å². The molecule has 148 valence electrons. The van der Waals surface area contributed by atoms with E-state index in [9.17, 15) is 14.7 Å². The first-order valence-electron chi connectivity index (χ1n) is 10.4. The molecule has 1 rings (SSSR count). The molecule has 0 aliphatic heterocycles. The highest BCUT2D eigenvalue weighted by molar-refractivity contribution is 5.99. The molecule has 0 heterocycles. The zero-order valence-corrected chi connectivity index (χ0v) is 16.6. The van der Waals surface area contributed by atoms with Gasteiger partial charge in [-0.15, -0.1) is 0 Å². The van der Waals surface area contributed by atoms with Crippen molar-refractivity contribution >= 4 is 11.8 Å². The minimum Gasteiger partial charge on any atom is -0.466 e. The fraction of sp³-hybridized carbons (Fsp3) is 0.727. The van der Waals surface area contributed by atoms with E-state index in [-0.39, 0.29) is 11.8 Å². The molecule has 0 saturated heterocycles. The summed E-state index contributed by atoms with van der Waals surface area (Å²) in [7, 11) is 0. The van der Waals surface area contributed by atoms with E-state index in [1.807, 2.05) is 19.1 Å². The third-order valence-electron chi connectivity index (χ3n) is 4.83. The molecule has 0 spiro atoms. The van der Waals surface area contributed by atoms with Gasteiger partial charge in [0.15, 0.2) is 5.78 Å². The zero-order chi connectivity index (χ0) is 19.2. The van der Waals surface area contributed by atoms with Crippen LogP contribution in [0.2, 0.25) is 0 Å². The number of carbonyl (C=O) groups excluding carboxylic acids is 2. The summed E-state index contributed by atoms with van der Waals surface area (Å²) in [6.45, 7) is 4.42. The number of allylic oxidation sites excluding steroid dienone is 3. The Morgan fingerprint density at radius 2 is 1.88 bits per heavy atom. The Hall–Kier alpha value is -1.42. The molecule has 0 radical (unpaired) electrons. The lowest BCUT2D eigenvalue weighted by Gasteiger charge is -2.06. The molecule has 1 aliphatic carbocycles. The van der Waals surface area contributed by atoms with E-state index in [0.717, 1.165) is 75.4 Å². The minimum atomic E-state index is -0.408. The highest BCUT2D eigenvalue weighted by Crippen LogP contribution is 2.28. The Balaban J connectivity index is 2.33. The predicted molar refractivity (Wildman–Crippen MR) is 105 cm³/mol. The van der Waals surface area contributed by atoms with Gasteiger partial charge in [-0.2, -0.15) is 0 Å². The number of rotatable bonds is 14. The third-order valence-corrected chi connectivity index (χ3v) is 4.83. The number of unbranched alkanes of at least 4 members (excludes halogenated alkanes) is 5. The average Bonchev–Trinajstić information content (AvgIpc) is 2.96. The molecule has 26 heavy (non-hydrogen) atoms. The summed E-state index contributed by atoms with van der Waals surface area (Å²) in [6.07, 6.45) is 14.1. The topological polar surface area (TPSA) is 63.6 Å². The summed E-state index contributed by atoms with van der Waals surface area (Å²) in [5, 5.41) is 10.0. The maximum absolute atomic E-state index is 12.1. The van der Waals surface area contributed by atoms with Gasteiger partial charge in [0.2, 0.25) is 0 Å². The van der Waals surface area contributed by atoms with Crippen LogP contribution in [-0.4, -0.2) is 29.6 Å².